The third-order valence-corrected chi connectivity index (χ3v) is 6.83. The Morgan fingerprint density at radius 2 is 1.86 bits per heavy atom. The molecule has 0 unspecified atom stereocenters. The first kappa shape index (κ1) is 28.8. The van der Waals surface area contributed by atoms with Gasteiger partial charge in [-0.3, -0.25) is 4.79 Å². The molecule has 1 aliphatic rings. The predicted octanol–water partition coefficient (Wildman–Crippen LogP) is 7.45. The SMILES string of the molecule is C=CCOc1cc(/C=C/c2ccc(Cl)cc2Br)cc(N(C)C(=O)C2CCN(C(=O)OC(C)(C)C)CC2)c1. The maximum Gasteiger partial charge on any atom is 0.410 e. The Morgan fingerprint density at radius 1 is 1.16 bits per heavy atom. The molecule has 0 radical (unpaired) electrons. The zero-order valence-corrected chi connectivity index (χ0v) is 24.1. The molecule has 1 saturated heterocycles. The third kappa shape index (κ3) is 8.37. The number of anilines is 1. The van der Waals surface area contributed by atoms with E-state index >= 15 is 0 Å². The highest BCUT2D eigenvalue weighted by molar-refractivity contribution is 9.10. The van der Waals surface area contributed by atoms with E-state index in [1.54, 1.807) is 22.9 Å². The molecule has 0 aliphatic carbocycles. The molecule has 2 aromatic rings. The van der Waals surface area contributed by atoms with E-state index < -0.39 is 5.60 Å². The van der Waals surface area contributed by atoms with Gasteiger partial charge in [-0.15, -0.1) is 0 Å². The molecule has 2 amide bonds. The van der Waals surface area contributed by atoms with Crippen molar-refractivity contribution < 1.29 is 19.1 Å². The van der Waals surface area contributed by atoms with Gasteiger partial charge in [0, 0.05) is 47.3 Å². The van der Waals surface area contributed by atoms with Gasteiger partial charge in [0.05, 0.1) is 0 Å². The molecule has 8 heteroatoms. The normalized spacial score (nSPS) is 14.5. The molecule has 2 aromatic carbocycles. The molecule has 1 fully saturated rings. The van der Waals surface area contributed by atoms with E-state index in [0.717, 1.165) is 21.3 Å². The zero-order chi connectivity index (χ0) is 27.2. The van der Waals surface area contributed by atoms with Crippen LogP contribution in [0.25, 0.3) is 12.2 Å². The number of hydrogen-bond donors (Lipinski definition) is 0. The van der Waals surface area contributed by atoms with E-state index in [0.29, 0.717) is 43.3 Å². The first-order valence-corrected chi connectivity index (χ1v) is 13.4. The maximum atomic E-state index is 13.4. The van der Waals surface area contributed by atoms with E-state index in [1.165, 1.54) is 0 Å². The standard InChI is InChI=1S/C29H34BrClN2O4/c1-6-15-36-25-17-20(7-8-21-9-10-23(31)18-26(21)30)16-24(19-25)32(5)27(34)22-11-13-33(14-12-22)28(35)37-29(2,3)4/h6-10,16-19,22H,1,11-15H2,2-5H3/b8-7+. The Labute approximate surface area is 233 Å². The summed E-state index contributed by atoms with van der Waals surface area (Å²) in [6.45, 7) is 10.6. The summed E-state index contributed by atoms with van der Waals surface area (Å²) in [7, 11) is 1.78. The molecule has 6 nitrogen and oxygen atoms in total. The molecular weight excluding hydrogens is 556 g/mol. The summed E-state index contributed by atoms with van der Waals surface area (Å²) >= 11 is 9.60. The lowest BCUT2D eigenvalue weighted by Gasteiger charge is -2.34. The fourth-order valence-electron chi connectivity index (χ4n) is 3.99. The molecule has 3 rings (SSSR count). The van der Waals surface area contributed by atoms with Crippen molar-refractivity contribution in [2.24, 2.45) is 5.92 Å². The van der Waals surface area contributed by atoms with E-state index in [1.807, 2.05) is 69.3 Å². The zero-order valence-electron chi connectivity index (χ0n) is 21.8. The molecule has 1 heterocycles. The Hall–Kier alpha value is -2.77. The number of hydrogen-bond acceptors (Lipinski definition) is 4. The Balaban J connectivity index is 1.75. The molecule has 0 bridgehead atoms. The minimum absolute atomic E-state index is 0.0140. The number of carbonyl (C=O) groups is 2. The summed E-state index contributed by atoms with van der Waals surface area (Å²) in [6, 6.07) is 11.3. The number of rotatable bonds is 7. The van der Waals surface area contributed by atoms with E-state index in [9.17, 15) is 9.59 Å². The van der Waals surface area contributed by atoms with E-state index in [-0.39, 0.29) is 17.9 Å². The minimum Gasteiger partial charge on any atom is -0.489 e. The van der Waals surface area contributed by atoms with Crippen LogP contribution in [-0.2, 0) is 9.53 Å². The predicted molar refractivity (Wildman–Crippen MR) is 154 cm³/mol. The van der Waals surface area contributed by atoms with Crippen LogP contribution in [0.4, 0.5) is 10.5 Å². The third-order valence-electron chi connectivity index (χ3n) is 5.91. The monoisotopic (exact) mass is 588 g/mol. The second-order valence-electron chi connectivity index (χ2n) is 10.00. The van der Waals surface area contributed by atoms with Gasteiger partial charge in [0.25, 0.3) is 0 Å². The van der Waals surface area contributed by atoms with Gasteiger partial charge in [-0.05, 0) is 69.0 Å². The number of carbonyl (C=O) groups excluding carboxylic acids is 2. The maximum absolute atomic E-state index is 13.4. The first-order chi connectivity index (χ1) is 17.5. The molecule has 0 aromatic heterocycles. The van der Waals surface area contributed by atoms with Gasteiger partial charge < -0.3 is 19.3 Å². The Bertz CT molecular complexity index is 1170. The lowest BCUT2D eigenvalue weighted by molar-refractivity contribution is -0.123. The highest BCUT2D eigenvalue weighted by atomic mass is 79.9. The number of benzene rings is 2. The number of halogens is 2. The summed E-state index contributed by atoms with van der Waals surface area (Å²) < 4.78 is 12.2. The van der Waals surface area contributed by atoms with Crippen molar-refractivity contribution in [3.63, 3.8) is 0 Å². The number of nitrogens with zero attached hydrogens (tertiary/aromatic N) is 2. The van der Waals surface area contributed by atoms with Crippen molar-refractivity contribution in [3.8, 4) is 5.75 Å². The molecular formula is C29H34BrClN2O4. The molecule has 0 spiro atoms. The van der Waals surface area contributed by atoms with Crippen molar-refractivity contribution in [2.45, 2.75) is 39.2 Å². The van der Waals surface area contributed by atoms with Crippen LogP contribution in [0.5, 0.6) is 5.75 Å². The van der Waals surface area contributed by atoms with Crippen LogP contribution in [0.1, 0.15) is 44.7 Å². The van der Waals surface area contributed by atoms with Gasteiger partial charge in [0.1, 0.15) is 18.0 Å². The smallest absolute Gasteiger partial charge is 0.410 e. The first-order valence-electron chi connectivity index (χ1n) is 12.2. The second kappa shape index (κ2) is 12.7. The summed E-state index contributed by atoms with van der Waals surface area (Å²) in [5.41, 5.74) is 2.05. The Kier molecular flexibility index (Phi) is 9.85. The molecule has 198 valence electrons. The van der Waals surface area contributed by atoms with Crippen molar-refractivity contribution >= 4 is 57.4 Å². The fraction of sp³-hybridized carbons (Fsp3) is 0.379. The minimum atomic E-state index is -0.543. The lowest BCUT2D eigenvalue weighted by Crippen LogP contribution is -2.45. The van der Waals surface area contributed by atoms with Crippen molar-refractivity contribution in [1.29, 1.82) is 0 Å². The molecule has 0 N–H and O–H groups in total. The van der Waals surface area contributed by atoms with Gasteiger partial charge in [-0.2, -0.15) is 0 Å². The highest BCUT2D eigenvalue weighted by Gasteiger charge is 2.31. The number of piperidine rings is 1. The molecule has 1 aliphatic heterocycles. The summed E-state index contributed by atoms with van der Waals surface area (Å²) in [4.78, 5) is 29.1. The van der Waals surface area contributed by atoms with Gasteiger partial charge in [-0.25, -0.2) is 4.79 Å². The summed E-state index contributed by atoms with van der Waals surface area (Å²) in [6.07, 6.45) is 6.47. The van der Waals surface area contributed by atoms with Gasteiger partial charge in [0.15, 0.2) is 0 Å². The van der Waals surface area contributed by atoms with E-state index in [4.69, 9.17) is 21.1 Å². The lowest BCUT2D eigenvalue weighted by atomic mass is 9.95. The highest BCUT2D eigenvalue weighted by Crippen LogP contribution is 2.29. The van der Waals surface area contributed by atoms with Crippen molar-refractivity contribution in [3.05, 3.63) is 69.7 Å². The average Bonchev–Trinajstić information content (AvgIpc) is 2.85. The van der Waals surface area contributed by atoms with Crippen LogP contribution >= 0.6 is 27.5 Å². The number of amides is 2. The van der Waals surface area contributed by atoms with Gasteiger partial charge >= 0.3 is 6.09 Å². The summed E-state index contributed by atoms with van der Waals surface area (Å²) in [5, 5.41) is 0.656. The quantitative estimate of drug-likeness (QED) is 0.249. The average molecular weight is 590 g/mol. The topological polar surface area (TPSA) is 59.1 Å². The van der Waals surface area contributed by atoms with Crippen molar-refractivity contribution in [1.82, 2.24) is 4.90 Å². The van der Waals surface area contributed by atoms with Crippen molar-refractivity contribution in [2.75, 3.05) is 31.6 Å². The van der Waals surface area contributed by atoms with Crippen LogP contribution in [0, 0.1) is 5.92 Å². The van der Waals surface area contributed by atoms with Crippen LogP contribution in [-0.4, -0.2) is 49.2 Å². The van der Waals surface area contributed by atoms with Crippen LogP contribution in [0.15, 0.2) is 53.5 Å². The van der Waals surface area contributed by atoms with E-state index in [2.05, 4.69) is 22.5 Å². The van der Waals surface area contributed by atoms with Gasteiger partial charge in [0.2, 0.25) is 5.91 Å². The Morgan fingerprint density at radius 3 is 2.49 bits per heavy atom. The largest absolute Gasteiger partial charge is 0.489 e. The number of ether oxygens (including phenoxy) is 2. The summed E-state index contributed by atoms with van der Waals surface area (Å²) in [5.74, 6) is 0.483. The van der Waals surface area contributed by atoms with Crippen LogP contribution < -0.4 is 9.64 Å². The van der Waals surface area contributed by atoms with Gasteiger partial charge in [-0.1, -0.05) is 58.4 Å². The second-order valence-corrected chi connectivity index (χ2v) is 11.3. The van der Waals surface area contributed by atoms with Crippen LogP contribution in [0.3, 0.4) is 0 Å². The molecule has 0 saturated carbocycles. The molecule has 0 atom stereocenters. The fourth-order valence-corrected chi connectivity index (χ4v) is 4.81. The molecule has 37 heavy (non-hydrogen) atoms. The number of likely N-dealkylation sites (tertiary alicyclic amines) is 1. The van der Waals surface area contributed by atoms with Crippen LogP contribution in [0.2, 0.25) is 5.02 Å².